The number of hydrogen-bond donors (Lipinski definition) is 1. The second kappa shape index (κ2) is 31.9. The van der Waals surface area contributed by atoms with Gasteiger partial charge in [-0.2, -0.15) is 0 Å². The lowest BCUT2D eigenvalue weighted by Gasteiger charge is -2.32. The monoisotopic (exact) mass is 1520 g/mol. The minimum atomic E-state index is -3.61. The van der Waals surface area contributed by atoms with Crippen molar-refractivity contribution >= 4 is 130 Å². The van der Waals surface area contributed by atoms with E-state index < -0.39 is 33.9 Å². The first-order chi connectivity index (χ1) is 45.8. The van der Waals surface area contributed by atoms with E-state index in [1.807, 2.05) is 76.5 Å². The average molecular weight is 1520 g/mol. The van der Waals surface area contributed by atoms with E-state index in [0.717, 1.165) is 54.2 Å². The number of rotatable bonds is 11. The molecule has 1 saturated heterocycles. The molecule has 15 nitrogen and oxygen atoms in total. The number of hydrogen-bond acceptors (Lipinski definition) is 15. The zero-order chi connectivity index (χ0) is 68.8. The van der Waals surface area contributed by atoms with Gasteiger partial charge in [-0.15, -0.1) is 0 Å². The first-order valence-electron chi connectivity index (χ1n) is 30.5. The van der Waals surface area contributed by atoms with Crippen LogP contribution in [-0.4, -0.2) is 83.9 Å². The van der Waals surface area contributed by atoms with Gasteiger partial charge in [-0.05, 0) is 184 Å². The number of thioether (sulfide) groups is 1. The molecule has 7 heterocycles. The number of pyridine rings is 6. The van der Waals surface area contributed by atoms with Gasteiger partial charge in [0.2, 0.25) is 25.6 Å². The number of amides is 1. The van der Waals surface area contributed by atoms with Crippen molar-refractivity contribution < 1.29 is 41.5 Å². The van der Waals surface area contributed by atoms with Crippen LogP contribution in [-0.2, 0) is 70.7 Å². The van der Waals surface area contributed by atoms with E-state index in [1.165, 1.54) is 46.2 Å². The Kier molecular flexibility index (Phi) is 23.5. The summed E-state index contributed by atoms with van der Waals surface area (Å²) >= 11 is 12.0. The quantitative estimate of drug-likeness (QED) is 0.119. The number of nitrogens with one attached hydrogen (secondary N) is 1. The first-order valence-corrected chi connectivity index (χ1v) is 35.9. The van der Waals surface area contributed by atoms with Crippen LogP contribution in [0.2, 0.25) is 0 Å². The Hall–Kier alpha value is -7.74. The number of aromatic nitrogens is 6. The van der Waals surface area contributed by atoms with Crippen LogP contribution in [0.15, 0.2) is 229 Å². The Morgan fingerprint density at radius 2 is 1.08 bits per heavy atom. The van der Waals surface area contributed by atoms with E-state index in [2.05, 4.69) is 138 Å². The van der Waals surface area contributed by atoms with Gasteiger partial charge in [0.25, 0.3) is 0 Å². The Morgan fingerprint density at radius 3 is 1.65 bits per heavy atom. The van der Waals surface area contributed by atoms with E-state index in [4.69, 9.17) is 10.7 Å². The smallest absolute Gasteiger partial charge is 0.399 e. The molecule has 95 heavy (non-hydrogen) atoms. The van der Waals surface area contributed by atoms with Gasteiger partial charge in [-0.1, -0.05) is 96.7 Å². The molecule has 5 aliphatic rings. The largest absolute Gasteiger partial charge is 0.495 e. The van der Waals surface area contributed by atoms with Crippen LogP contribution in [0.4, 0.5) is 10.2 Å². The SMILES string of the molecule is Brc1cnc2c(c1)C(Sc1ccccc1)=CC2.Brc1cnc2c(c1)C=CC2.CC(=O)Cc1cc(-c2cnc3c(c2)C(S(=O)(=O)c2ccccc2)=CC3)ccn1.CC(=O)Nc1cc(B2OC(C)(C)C(C)(C)O2)ccn1.O=S(=O)(C1=CCc2ncc(Br)cc21)c1ccccc1.[2H]CF. The van der Waals surface area contributed by atoms with Gasteiger partial charge < -0.3 is 14.6 Å². The molecular formula is C72H66BBr3FN7O8S3. The summed E-state index contributed by atoms with van der Waals surface area (Å²) in [5, 5.41) is 2.65. The van der Waals surface area contributed by atoms with Gasteiger partial charge in [0, 0.05) is 127 Å². The number of Topliss-reactive ketones (excluding diaryl/α,β-unsaturated/α-hetero) is 1. The molecule has 3 aromatic carbocycles. The molecule has 0 spiro atoms. The number of carbonyl (C=O) groups is 2. The Bertz CT molecular complexity index is 4680. The molecule has 0 saturated carbocycles. The van der Waals surface area contributed by atoms with Gasteiger partial charge >= 0.3 is 7.12 Å². The number of sulfone groups is 2. The molecule has 1 N–H and O–H groups in total. The summed E-state index contributed by atoms with van der Waals surface area (Å²) in [5.74, 6) is 0.384. The van der Waals surface area contributed by atoms with Gasteiger partial charge in [0.05, 0.1) is 62.1 Å². The molecule has 1 aliphatic heterocycles. The van der Waals surface area contributed by atoms with Crippen molar-refractivity contribution in [2.45, 2.75) is 99.5 Å². The fourth-order valence-electron chi connectivity index (χ4n) is 10.2. The molecule has 0 unspecified atom stereocenters. The molecule has 6 aromatic heterocycles. The molecule has 1 fully saturated rings. The molecule has 486 valence electrons. The van der Waals surface area contributed by atoms with Gasteiger partial charge in [0.1, 0.15) is 11.6 Å². The third-order valence-electron chi connectivity index (χ3n) is 15.5. The Balaban J connectivity index is 0.000000143. The van der Waals surface area contributed by atoms with Crippen LogP contribution in [0.5, 0.6) is 0 Å². The van der Waals surface area contributed by atoms with Crippen molar-refractivity contribution in [3.8, 4) is 11.1 Å². The molecule has 0 atom stereocenters. The van der Waals surface area contributed by atoms with Crippen molar-refractivity contribution in [2.75, 3.05) is 12.5 Å². The molecule has 4 aliphatic carbocycles. The third kappa shape index (κ3) is 18.0. The maximum atomic E-state index is 13.1. The number of benzene rings is 3. The number of ketones is 1. The number of halogens is 4. The molecule has 0 radical (unpaired) electrons. The highest BCUT2D eigenvalue weighted by Gasteiger charge is 2.52. The standard InChI is InChI=1S/C22H18N2O3S.C14H10BrNO2S.C14H10BrNS.C13H19BN2O3.C8H6BrN.CH3F/c1-15(25)11-18-12-16(9-10-23-18)17-13-20-21(24-14-17)7-8-22(20)28(26,27)19-5-3-2-4-6-19;15-10-8-12-13(16-9-10)6-7-14(12)19(17,18)11-4-2-1-3-5-11;15-10-8-12-13(16-9-10)6-7-14(12)17-11-4-2-1-3-5-11;1-9(17)16-11-8-10(6-7-15-11)14-18-12(2,3)13(4,5)19-14;9-7-4-6-2-1-3-8(6)10-5-7;1-2/h2-6,8-10,12-14H,7,11H2,1H3;1-5,7-9H,6H2;1-5,7-9H,6H2;6-8H,1-5H3,(H,15,16,17);1-2,4-5H,3H2;1H3/i;;;;;1D. The highest BCUT2D eigenvalue weighted by molar-refractivity contribution is 9.11. The maximum Gasteiger partial charge on any atom is 0.495 e. The number of nitrogens with zero attached hydrogens (tertiary/aromatic N) is 6. The third-order valence-corrected chi connectivity index (χ3v) is 21.6. The summed E-state index contributed by atoms with van der Waals surface area (Å²) in [6, 6.07) is 42.5. The summed E-state index contributed by atoms with van der Waals surface area (Å²) in [7, 11) is -8.52. The lowest BCUT2D eigenvalue weighted by atomic mass is 9.80. The van der Waals surface area contributed by atoms with Crippen LogP contribution < -0.4 is 10.8 Å². The minimum Gasteiger partial charge on any atom is -0.399 e. The van der Waals surface area contributed by atoms with Crippen LogP contribution in [0.1, 0.15) is 93.6 Å². The second-order valence-electron chi connectivity index (χ2n) is 22.8. The van der Waals surface area contributed by atoms with E-state index >= 15 is 0 Å². The number of alkyl halides is 1. The average Bonchev–Trinajstić information content (AvgIpc) is 1.61. The van der Waals surface area contributed by atoms with Crippen LogP contribution >= 0.6 is 59.6 Å². The Morgan fingerprint density at radius 1 is 0.589 bits per heavy atom. The number of allylic oxidation sites excluding steroid dienone is 4. The van der Waals surface area contributed by atoms with Gasteiger partial charge in [0.15, 0.2) is 0 Å². The van der Waals surface area contributed by atoms with E-state index in [9.17, 15) is 30.8 Å². The lowest BCUT2D eigenvalue weighted by molar-refractivity contribution is -0.116. The predicted octanol–water partition coefficient (Wildman–Crippen LogP) is 15.7. The molecule has 9 aromatic rings. The van der Waals surface area contributed by atoms with Crippen molar-refractivity contribution in [1.82, 2.24) is 29.9 Å². The fraction of sp³-hybridized carbons (Fsp3) is 0.194. The fourth-order valence-corrected chi connectivity index (χ4v) is 15.3. The summed E-state index contributed by atoms with van der Waals surface area (Å²) < 4.78 is 81.6. The highest BCUT2D eigenvalue weighted by Crippen LogP contribution is 2.42. The molecule has 23 heteroatoms. The Labute approximate surface area is 585 Å². The zero-order valence-corrected chi connectivity index (χ0v) is 59.8. The van der Waals surface area contributed by atoms with Crippen LogP contribution in [0.3, 0.4) is 0 Å². The van der Waals surface area contributed by atoms with Crippen LogP contribution in [0, 0.1) is 0 Å². The van der Waals surface area contributed by atoms with Crippen molar-refractivity contribution in [3.05, 3.63) is 265 Å². The topological polar surface area (TPSA) is 210 Å². The highest BCUT2D eigenvalue weighted by atomic mass is 79.9. The van der Waals surface area contributed by atoms with Gasteiger partial charge in [-0.25, -0.2) is 21.8 Å². The van der Waals surface area contributed by atoms with Gasteiger partial charge in [-0.3, -0.25) is 38.9 Å². The van der Waals surface area contributed by atoms with Crippen molar-refractivity contribution in [1.29, 1.82) is 0 Å². The second-order valence-corrected chi connectivity index (χ2v) is 30.5. The first kappa shape index (κ1) is 70.1. The normalized spacial score (nSPS) is 14.8. The lowest BCUT2D eigenvalue weighted by Crippen LogP contribution is -2.41. The molecule has 1 amide bonds. The van der Waals surface area contributed by atoms with Crippen LogP contribution in [0.25, 0.3) is 31.9 Å². The summed E-state index contributed by atoms with van der Waals surface area (Å²) in [4.78, 5) is 51.9. The molecule has 0 bridgehead atoms. The zero-order valence-electron chi connectivity index (χ0n) is 53.6. The van der Waals surface area contributed by atoms with E-state index in [1.54, 1.807) is 115 Å². The number of carbonyl (C=O) groups excluding carboxylic acids is 2. The predicted molar refractivity (Wildman–Crippen MR) is 386 cm³/mol. The summed E-state index contributed by atoms with van der Waals surface area (Å²) in [5.41, 5.74) is 10.1. The van der Waals surface area contributed by atoms with E-state index in [0.29, 0.717) is 50.2 Å². The summed E-state index contributed by atoms with van der Waals surface area (Å²) in [6.45, 7) is 11.0. The summed E-state index contributed by atoms with van der Waals surface area (Å²) in [6.07, 6.45) is 23.6. The number of anilines is 1. The molecular weight excluding hydrogens is 1460 g/mol. The van der Waals surface area contributed by atoms with Crippen molar-refractivity contribution in [3.63, 3.8) is 0 Å². The van der Waals surface area contributed by atoms with E-state index in [-0.39, 0.29) is 34.2 Å². The van der Waals surface area contributed by atoms with Crippen molar-refractivity contribution in [2.24, 2.45) is 0 Å². The minimum absolute atomic E-state index is 0.0379. The number of fused-ring (bicyclic) bond motifs is 4. The molecule has 14 rings (SSSR count). The maximum absolute atomic E-state index is 13.1.